The Morgan fingerprint density at radius 2 is 1.88 bits per heavy atom. The highest BCUT2D eigenvalue weighted by molar-refractivity contribution is 5.89. The molecule has 1 atom stereocenters. The first kappa shape index (κ1) is 10.6. The molecule has 1 amide bonds. The molecule has 2 aliphatic rings. The Morgan fingerprint density at radius 3 is 2.59 bits per heavy atom. The predicted octanol–water partition coefficient (Wildman–Crippen LogP) is 1.73. The van der Waals surface area contributed by atoms with Gasteiger partial charge in [-0.3, -0.25) is 10.0 Å². The molecular weight excluding hydrogens is 216 g/mol. The van der Waals surface area contributed by atoms with Gasteiger partial charge in [0, 0.05) is 11.1 Å². The van der Waals surface area contributed by atoms with Crippen LogP contribution in [0.25, 0.3) is 0 Å². The lowest BCUT2D eigenvalue weighted by atomic mass is 9.77. The topological polar surface area (TPSA) is 43.8 Å². The molecule has 1 N–H and O–H groups in total. The van der Waals surface area contributed by atoms with Gasteiger partial charge in [-0.1, -0.05) is 32.0 Å². The number of hydroxylamine groups is 2. The van der Waals surface area contributed by atoms with Gasteiger partial charge in [0.2, 0.25) is 0 Å². The highest BCUT2D eigenvalue weighted by atomic mass is 16.5. The Hall–Kier alpha value is -1.55. The zero-order valence-corrected chi connectivity index (χ0v) is 10.3. The van der Waals surface area contributed by atoms with Gasteiger partial charge in [-0.05, 0) is 18.6 Å². The highest BCUT2D eigenvalue weighted by Crippen LogP contribution is 2.54. The van der Waals surface area contributed by atoms with Crippen molar-refractivity contribution in [3.05, 3.63) is 29.8 Å². The van der Waals surface area contributed by atoms with Crippen molar-refractivity contribution in [2.45, 2.75) is 31.8 Å². The summed E-state index contributed by atoms with van der Waals surface area (Å²) in [6.07, 6.45) is 0. The van der Waals surface area contributed by atoms with Crippen molar-refractivity contribution in [2.75, 3.05) is 11.4 Å². The second-order valence-corrected chi connectivity index (χ2v) is 5.45. The quantitative estimate of drug-likeness (QED) is 0.693. The minimum atomic E-state index is -0.687. The first-order valence-corrected chi connectivity index (χ1v) is 5.80. The smallest absolute Gasteiger partial charge is 0.267 e. The second-order valence-electron chi connectivity index (χ2n) is 5.45. The van der Waals surface area contributed by atoms with Gasteiger partial charge >= 0.3 is 0 Å². The van der Waals surface area contributed by atoms with Gasteiger partial charge in [0.1, 0.15) is 12.2 Å². The molecule has 0 bridgehead atoms. The van der Waals surface area contributed by atoms with Crippen molar-refractivity contribution in [1.82, 2.24) is 5.06 Å². The summed E-state index contributed by atoms with van der Waals surface area (Å²) in [7, 11) is 0. The Morgan fingerprint density at radius 1 is 1.24 bits per heavy atom. The first-order chi connectivity index (χ1) is 7.90. The predicted molar refractivity (Wildman–Crippen MR) is 63.9 cm³/mol. The van der Waals surface area contributed by atoms with E-state index in [2.05, 4.69) is 19.9 Å². The number of fused-ring (bicyclic) bond motifs is 3. The molecule has 0 unspecified atom stereocenters. The SMILES string of the molecule is CC1(C)c2ccccc2N2CC(=O)N(O)[C@@]21C. The number of rotatable bonds is 0. The summed E-state index contributed by atoms with van der Waals surface area (Å²) in [4.78, 5) is 13.7. The number of nitrogens with zero attached hydrogens (tertiary/aromatic N) is 2. The fourth-order valence-electron chi connectivity index (χ4n) is 3.13. The van der Waals surface area contributed by atoms with Crippen molar-refractivity contribution in [1.29, 1.82) is 0 Å². The molecule has 2 aliphatic heterocycles. The molecule has 3 rings (SSSR count). The Labute approximate surface area is 100 Å². The fraction of sp³-hybridized carbons (Fsp3) is 0.462. The van der Waals surface area contributed by atoms with Crippen molar-refractivity contribution in [2.24, 2.45) is 0 Å². The van der Waals surface area contributed by atoms with Gasteiger partial charge in [0.05, 0.1) is 0 Å². The number of hydrogen-bond acceptors (Lipinski definition) is 3. The van der Waals surface area contributed by atoms with Crippen LogP contribution < -0.4 is 4.90 Å². The molecule has 0 spiro atoms. The average Bonchev–Trinajstić information content (AvgIpc) is 2.63. The average molecular weight is 232 g/mol. The highest BCUT2D eigenvalue weighted by Gasteiger charge is 2.62. The van der Waals surface area contributed by atoms with E-state index in [4.69, 9.17) is 0 Å². The molecule has 1 aromatic carbocycles. The summed E-state index contributed by atoms with van der Waals surface area (Å²) in [5.74, 6) is -0.241. The maximum absolute atomic E-state index is 11.7. The van der Waals surface area contributed by atoms with Crippen LogP contribution in [0.4, 0.5) is 5.69 Å². The van der Waals surface area contributed by atoms with Crippen LogP contribution in [0.5, 0.6) is 0 Å². The maximum Gasteiger partial charge on any atom is 0.267 e. The van der Waals surface area contributed by atoms with Crippen LogP contribution >= 0.6 is 0 Å². The van der Waals surface area contributed by atoms with Crippen molar-refractivity contribution >= 4 is 11.6 Å². The molecule has 0 aromatic heterocycles. The van der Waals surface area contributed by atoms with Crippen molar-refractivity contribution in [3.8, 4) is 0 Å². The van der Waals surface area contributed by atoms with Crippen LogP contribution in [0.3, 0.4) is 0 Å². The van der Waals surface area contributed by atoms with Gasteiger partial charge in [-0.2, -0.15) is 5.06 Å². The van der Waals surface area contributed by atoms with Crippen LogP contribution in [0, 0.1) is 0 Å². The van der Waals surface area contributed by atoms with Crippen LogP contribution in [0.1, 0.15) is 26.3 Å². The Kier molecular flexibility index (Phi) is 1.76. The summed E-state index contributed by atoms with van der Waals surface area (Å²) < 4.78 is 0. The maximum atomic E-state index is 11.7. The minimum absolute atomic E-state index is 0.241. The van der Waals surface area contributed by atoms with Crippen molar-refractivity contribution in [3.63, 3.8) is 0 Å². The lowest BCUT2D eigenvalue weighted by Gasteiger charge is -2.42. The molecular formula is C13H16N2O2. The van der Waals surface area contributed by atoms with Gasteiger partial charge in [0.25, 0.3) is 5.91 Å². The molecule has 4 nitrogen and oxygen atoms in total. The van der Waals surface area contributed by atoms with Crippen LogP contribution in [-0.2, 0) is 10.2 Å². The monoisotopic (exact) mass is 232 g/mol. The zero-order chi connectivity index (χ0) is 12.4. The second kappa shape index (κ2) is 2.82. The fourth-order valence-corrected chi connectivity index (χ4v) is 3.13. The summed E-state index contributed by atoms with van der Waals surface area (Å²) >= 11 is 0. The van der Waals surface area contributed by atoms with E-state index in [1.165, 1.54) is 5.56 Å². The summed E-state index contributed by atoms with van der Waals surface area (Å²) in [6.45, 7) is 6.28. The number of hydrogen-bond donors (Lipinski definition) is 1. The molecule has 0 saturated carbocycles. The zero-order valence-electron chi connectivity index (χ0n) is 10.3. The number of benzene rings is 1. The third-order valence-electron chi connectivity index (χ3n) is 4.52. The normalized spacial score (nSPS) is 29.5. The van der Waals surface area contributed by atoms with E-state index in [-0.39, 0.29) is 17.9 Å². The van der Waals surface area contributed by atoms with Gasteiger partial charge in [-0.15, -0.1) is 0 Å². The number of amides is 1. The molecule has 2 heterocycles. The van der Waals surface area contributed by atoms with Crippen LogP contribution in [0.2, 0.25) is 0 Å². The minimum Gasteiger partial charge on any atom is -0.336 e. The van der Waals surface area contributed by atoms with Gasteiger partial charge in [-0.25, -0.2) is 0 Å². The number of anilines is 1. The molecule has 1 aromatic rings. The van der Waals surface area contributed by atoms with E-state index in [1.54, 1.807) is 0 Å². The largest absolute Gasteiger partial charge is 0.336 e. The standard InChI is InChI=1S/C13H16N2O2/c1-12(2)9-6-4-5-7-10(9)14-8-11(16)15(17)13(12,14)3/h4-7,17H,8H2,1-3H3/t13-/m1/s1. The van der Waals surface area contributed by atoms with Crippen molar-refractivity contribution < 1.29 is 10.0 Å². The summed E-state index contributed by atoms with van der Waals surface area (Å²) in [5.41, 5.74) is 1.23. The molecule has 1 fully saturated rings. The summed E-state index contributed by atoms with van der Waals surface area (Å²) in [6, 6.07) is 8.03. The van der Waals surface area contributed by atoms with E-state index < -0.39 is 5.66 Å². The molecule has 0 radical (unpaired) electrons. The lowest BCUT2D eigenvalue weighted by Crippen LogP contribution is -2.58. The molecule has 4 heteroatoms. The van der Waals surface area contributed by atoms with E-state index in [0.717, 1.165) is 10.8 Å². The van der Waals surface area contributed by atoms with E-state index in [1.807, 2.05) is 30.0 Å². The Balaban J connectivity index is 2.28. The molecule has 90 valence electrons. The van der Waals surface area contributed by atoms with Gasteiger partial charge in [0.15, 0.2) is 0 Å². The van der Waals surface area contributed by atoms with Gasteiger partial charge < -0.3 is 4.90 Å². The van der Waals surface area contributed by atoms with E-state index in [9.17, 15) is 10.0 Å². The number of carbonyl (C=O) groups is 1. The summed E-state index contributed by atoms with van der Waals surface area (Å²) in [5, 5.41) is 11.0. The van der Waals surface area contributed by atoms with Crippen LogP contribution in [-0.4, -0.2) is 28.4 Å². The first-order valence-electron chi connectivity index (χ1n) is 5.80. The van der Waals surface area contributed by atoms with Crippen LogP contribution in [0.15, 0.2) is 24.3 Å². The van der Waals surface area contributed by atoms with E-state index in [0.29, 0.717) is 0 Å². The lowest BCUT2D eigenvalue weighted by molar-refractivity contribution is -0.185. The molecule has 1 saturated heterocycles. The Bertz CT molecular complexity index is 512. The molecule has 17 heavy (non-hydrogen) atoms. The number of carbonyl (C=O) groups excluding carboxylic acids is 1. The third kappa shape index (κ3) is 0.954. The number of para-hydroxylation sites is 1. The van der Waals surface area contributed by atoms with E-state index >= 15 is 0 Å². The molecule has 0 aliphatic carbocycles. The third-order valence-corrected chi connectivity index (χ3v) is 4.52.